The molecule has 0 radical (unpaired) electrons. The molecule has 0 unspecified atom stereocenters. The molecule has 3 nitrogen and oxygen atoms in total. The Hall–Kier alpha value is -1.06. The van der Waals surface area contributed by atoms with Crippen LogP contribution in [-0.4, -0.2) is 36.3 Å². The van der Waals surface area contributed by atoms with Gasteiger partial charge in [0.25, 0.3) is 0 Å². The lowest BCUT2D eigenvalue weighted by atomic mass is 10.1. The Morgan fingerprint density at radius 3 is 2.65 bits per heavy atom. The molecule has 17 heavy (non-hydrogen) atoms. The van der Waals surface area contributed by atoms with Gasteiger partial charge in [-0.25, -0.2) is 0 Å². The lowest BCUT2D eigenvalue weighted by molar-refractivity contribution is 0.124. The summed E-state index contributed by atoms with van der Waals surface area (Å²) in [5.41, 5.74) is 2.16. The lowest BCUT2D eigenvalue weighted by Crippen LogP contribution is -2.33. The van der Waals surface area contributed by atoms with Crippen LogP contribution in [0, 0.1) is 6.92 Å². The van der Waals surface area contributed by atoms with Crippen molar-refractivity contribution in [2.24, 2.45) is 0 Å². The Kier molecular flexibility index (Phi) is 5.45. The van der Waals surface area contributed by atoms with E-state index in [0.29, 0.717) is 18.4 Å². The van der Waals surface area contributed by atoms with Gasteiger partial charge in [-0.05, 0) is 26.8 Å². The van der Waals surface area contributed by atoms with Crippen LogP contribution in [0.1, 0.15) is 25.0 Å². The number of benzene rings is 1. The molecular formula is C14H23NO2. The summed E-state index contributed by atoms with van der Waals surface area (Å²) in [6, 6.07) is 6.16. The molecule has 0 aliphatic heterocycles. The molecule has 0 saturated carbocycles. The van der Waals surface area contributed by atoms with Gasteiger partial charge in [0, 0.05) is 31.8 Å². The van der Waals surface area contributed by atoms with Crippen molar-refractivity contribution < 1.29 is 9.84 Å². The minimum atomic E-state index is 0.374. The fourth-order valence-electron chi connectivity index (χ4n) is 1.79. The van der Waals surface area contributed by atoms with E-state index in [9.17, 15) is 5.11 Å². The number of ether oxygens (including phenoxy) is 1. The van der Waals surface area contributed by atoms with Crippen molar-refractivity contribution in [2.45, 2.75) is 33.4 Å². The molecule has 3 heteroatoms. The van der Waals surface area contributed by atoms with Gasteiger partial charge in [-0.2, -0.15) is 0 Å². The van der Waals surface area contributed by atoms with Crippen LogP contribution in [0.2, 0.25) is 0 Å². The number of rotatable bonds is 6. The zero-order chi connectivity index (χ0) is 12.8. The number of hydrogen-bond donors (Lipinski definition) is 1. The van der Waals surface area contributed by atoms with E-state index < -0.39 is 0 Å². The molecule has 0 fully saturated rings. The van der Waals surface area contributed by atoms with Crippen LogP contribution in [0.15, 0.2) is 18.2 Å². The third-order valence-corrected chi connectivity index (χ3v) is 2.92. The highest BCUT2D eigenvalue weighted by Gasteiger charge is 2.12. The smallest absolute Gasteiger partial charge is 0.120 e. The van der Waals surface area contributed by atoms with Gasteiger partial charge in [0.15, 0.2) is 0 Å². The van der Waals surface area contributed by atoms with E-state index >= 15 is 0 Å². The van der Waals surface area contributed by atoms with E-state index in [1.165, 1.54) is 5.56 Å². The number of phenols is 1. The van der Waals surface area contributed by atoms with Crippen LogP contribution in [0.3, 0.4) is 0 Å². The van der Waals surface area contributed by atoms with E-state index in [0.717, 1.165) is 18.7 Å². The second kappa shape index (κ2) is 6.62. The Labute approximate surface area is 104 Å². The summed E-state index contributed by atoms with van der Waals surface area (Å²) in [5.74, 6) is 0.374. The molecule has 0 saturated heterocycles. The van der Waals surface area contributed by atoms with E-state index in [2.05, 4.69) is 18.7 Å². The van der Waals surface area contributed by atoms with Crippen LogP contribution in [0.4, 0.5) is 0 Å². The molecule has 0 aliphatic carbocycles. The summed E-state index contributed by atoms with van der Waals surface area (Å²) in [6.07, 6.45) is 0. The SMILES string of the molecule is COCCN(Cc1cc(C)ccc1O)C(C)C. The number of methoxy groups -OCH3 is 1. The van der Waals surface area contributed by atoms with Gasteiger partial charge >= 0.3 is 0 Å². The molecule has 96 valence electrons. The first kappa shape index (κ1) is 14.0. The predicted octanol–water partition coefficient (Wildman–Crippen LogP) is 2.56. The summed E-state index contributed by atoms with van der Waals surface area (Å²) < 4.78 is 5.11. The first-order chi connectivity index (χ1) is 8.04. The third-order valence-electron chi connectivity index (χ3n) is 2.92. The van der Waals surface area contributed by atoms with Crippen LogP contribution < -0.4 is 0 Å². The van der Waals surface area contributed by atoms with Crippen LogP contribution in [0.5, 0.6) is 5.75 Å². The lowest BCUT2D eigenvalue weighted by Gasteiger charge is -2.26. The van der Waals surface area contributed by atoms with Crippen LogP contribution in [-0.2, 0) is 11.3 Å². The minimum Gasteiger partial charge on any atom is -0.508 e. The van der Waals surface area contributed by atoms with Crippen molar-refractivity contribution in [1.29, 1.82) is 0 Å². The van der Waals surface area contributed by atoms with Gasteiger partial charge in [-0.15, -0.1) is 0 Å². The molecule has 0 amide bonds. The summed E-state index contributed by atoms with van der Waals surface area (Å²) in [4.78, 5) is 2.29. The minimum absolute atomic E-state index is 0.374. The molecular weight excluding hydrogens is 214 g/mol. The van der Waals surface area contributed by atoms with Gasteiger partial charge in [-0.1, -0.05) is 17.7 Å². The zero-order valence-corrected chi connectivity index (χ0v) is 11.2. The Balaban J connectivity index is 2.74. The fourth-order valence-corrected chi connectivity index (χ4v) is 1.79. The Morgan fingerprint density at radius 1 is 1.35 bits per heavy atom. The van der Waals surface area contributed by atoms with E-state index in [-0.39, 0.29) is 0 Å². The number of phenolic OH excluding ortho intramolecular Hbond substituents is 1. The van der Waals surface area contributed by atoms with Gasteiger partial charge in [0.2, 0.25) is 0 Å². The molecule has 1 rings (SSSR count). The second-order valence-corrected chi connectivity index (χ2v) is 4.69. The average molecular weight is 237 g/mol. The number of hydrogen-bond acceptors (Lipinski definition) is 3. The molecule has 0 spiro atoms. The summed E-state index contributed by atoms with van der Waals surface area (Å²) in [7, 11) is 1.71. The highest BCUT2D eigenvalue weighted by molar-refractivity contribution is 5.35. The van der Waals surface area contributed by atoms with Gasteiger partial charge < -0.3 is 9.84 Å². The molecule has 0 aliphatic rings. The molecule has 0 bridgehead atoms. The maximum Gasteiger partial charge on any atom is 0.120 e. The normalized spacial score (nSPS) is 11.4. The van der Waals surface area contributed by atoms with Crippen molar-refractivity contribution in [3.05, 3.63) is 29.3 Å². The molecule has 1 aromatic carbocycles. The maximum absolute atomic E-state index is 9.83. The summed E-state index contributed by atoms with van der Waals surface area (Å²) in [6.45, 7) is 8.70. The topological polar surface area (TPSA) is 32.7 Å². The standard InChI is InChI=1S/C14H23NO2/c1-11(2)15(7-8-17-4)10-13-9-12(3)5-6-14(13)16/h5-6,9,11,16H,7-8,10H2,1-4H3. The third kappa shape index (κ3) is 4.36. The quantitative estimate of drug-likeness (QED) is 0.825. The molecule has 0 aromatic heterocycles. The molecule has 0 atom stereocenters. The van der Waals surface area contributed by atoms with E-state index in [1.807, 2.05) is 19.1 Å². The Morgan fingerprint density at radius 2 is 2.06 bits per heavy atom. The van der Waals surface area contributed by atoms with Gasteiger partial charge in [-0.3, -0.25) is 4.90 Å². The van der Waals surface area contributed by atoms with Crippen molar-refractivity contribution in [3.63, 3.8) is 0 Å². The summed E-state index contributed by atoms with van der Waals surface area (Å²) in [5, 5.41) is 9.83. The Bertz CT molecular complexity index is 350. The van der Waals surface area contributed by atoms with E-state index in [1.54, 1.807) is 13.2 Å². The van der Waals surface area contributed by atoms with Crippen LogP contribution in [0.25, 0.3) is 0 Å². The maximum atomic E-state index is 9.83. The second-order valence-electron chi connectivity index (χ2n) is 4.69. The molecule has 1 N–H and O–H groups in total. The van der Waals surface area contributed by atoms with Crippen molar-refractivity contribution in [3.8, 4) is 5.75 Å². The van der Waals surface area contributed by atoms with Gasteiger partial charge in [0.1, 0.15) is 5.75 Å². The number of aromatic hydroxyl groups is 1. The largest absolute Gasteiger partial charge is 0.508 e. The number of aryl methyl sites for hydroxylation is 1. The van der Waals surface area contributed by atoms with E-state index in [4.69, 9.17) is 4.74 Å². The van der Waals surface area contributed by atoms with Crippen LogP contribution >= 0.6 is 0 Å². The predicted molar refractivity (Wildman–Crippen MR) is 70.3 cm³/mol. The summed E-state index contributed by atoms with van der Waals surface area (Å²) >= 11 is 0. The van der Waals surface area contributed by atoms with Crippen molar-refractivity contribution in [2.75, 3.05) is 20.3 Å². The monoisotopic (exact) mass is 237 g/mol. The first-order valence-corrected chi connectivity index (χ1v) is 6.06. The van der Waals surface area contributed by atoms with Crippen molar-refractivity contribution >= 4 is 0 Å². The number of nitrogens with zero attached hydrogens (tertiary/aromatic N) is 1. The molecule has 1 aromatic rings. The average Bonchev–Trinajstić information content (AvgIpc) is 2.28. The fraction of sp³-hybridized carbons (Fsp3) is 0.571. The van der Waals surface area contributed by atoms with Gasteiger partial charge in [0.05, 0.1) is 6.61 Å². The zero-order valence-electron chi connectivity index (χ0n) is 11.2. The first-order valence-electron chi connectivity index (χ1n) is 6.06. The van der Waals surface area contributed by atoms with Crippen molar-refractivity contribution in [1.82, 2.24) is 4.90 Å². The highest BCUT2D eigenvalue weighted by Crippen LogP contribution is 2.20. The molecule has 0 heterocycles. The highest BCUT2D eigenvalue weighted by atomic mass is 16.5.